The van der Waals surface area contributed by atoms with Gasteiger partial charge >= 0.3 is 0 Å². The molecule has 0 aliphatic carbocycles. The Bertz CT molecular complexity index is 1380. The summed E-state index contributed by atoms with van der Waals surface area (Å²) in [6.07, 6.45) is -2.28. The normalized spacial score (nSPS) is 29.0. The predicted molar refractivity (Wildman–Crippen MR) is 121 cm³/mol. The number of amides is 2. The van der Waals surface area contributed by atoms with E-state index in [-0.39, 0.29) is 19.4 Å². The average molecular weight is 540 g/mol. The molecule has 2 bridgehead atoms. The van der Waals surface area contributed by atoms with Crippen LogP contribution in [0.2, 0.25) is 0 Å². The first-order chi connectivity index (χ1) is 17.9. The maximum Gasteiger partial charge on any atom is 0.274 e. The average Bonchev–Trinajstić information content (AvgIpc) is 3.04. The van der Waals surface area contributed by atoms with Gasteiger partial charge in [-0.1, -0.05) is 0 Å². The zero-order valence-corrected chi connectivity index (χ0v) is 20.3. The van der Waals surface area contributed by atoms with Gasteiger partial charge in [-0.15, -0.1) is 0 Å². The number of aromatic nitrogens is 1. The fourth-order valence-corrected chi connectivity index (χ4v) is 5.65. The van der Waals surface area contributed by atoms with Crippen molar-refractivity contribution < 1.29 is 41.8 Å². The van der Waals surface area contributed by atoms with E-state index in [9.17, 15) is 32.7 Å². The minimum Gasteiger partial charge on any atom is -0.503 e. The van der Waals surface area contributed by atoms with Gasteiger partial charge in [0.05, 0.1) is 12.6 Å². The number of hydroxylamine groups is 2. The summed E-state index contributed by atoms with van der Waals surface area (Å²) >= 11 is 0. The molecule has 4 heterocycles. The fraction of sp³-hybridized carbons (Fsp3) is 0.458. The second-order valence-electron chi connectivity index (χ2n) is 9.70. The molecule has 2 saturated heterocycles. The van der Waals surface area contributed by atoms with E-state index in [1.54, 1.807) is 6.92 Å². The summed E-state index contributed by atoms with van der Waals surface area (Å²) in [5.74, 6) is -6.45. The summed E-state index contributed by atoms with van der Waals surface area (Å²) in [7, 11) is 1.17. The number of carbonyl (C=O) groups is 2. The van der Waals surface area contributed by atoms with E-state index < -0.39 is 93.9 Å². The summed E-state index contributed by atoms with van der Waals surface area (Å²) < 4.78 is 65.1. The Kier molecular flexibility index (Phi) is 6.23. The molecule has 38 heavy (non-hydrogen) atoms. The van der Waals surface area contributed by atoms with Crippen LogP contribution in [0.15, 0.2) is 23.1 Å². The van der Waals surface area contributed by atoms with Crippen LogP contribution in [0, 0.1) is 17.5 Å². The molecule has 1 aromatic heterocycles. The minimum atomic E-state index is -1.98. The van der Waals surface area contributed by atoms with Crippen LogP contribution in [-0.2, 0) is 16.1 Å². The smallest absolute Gasteiger partial charge is 0.274 e. The van der Waals surface area contributed by atoms with E-state index in [2.05, 4.69) is 0 Å². The fourth-order valence-electron chi connectivity index (χ4n) is 5.65. The number of primary amides is 1. The van der Waals surface area contributed by atoms with Crippen LogP contribution in [0.25, 0.3) is 0 Å². The van der Waals surface area contributed by atoms with Crippen LogP contribution in [0.1, 0.15) is 52.2 Å². The summed E-state index contributed by atoms with van der Waals surface area (Å²) in [5.41, 5.74) is 0.647. The highest BCUT2D eigenvalue weighted by Gasteiger charge is 2.63. The van der Waals surface area contributed by atoms with Gasteiger partial charge in [0.1, 0.15) is 28.6 Å². The van der Waals surface area contributed by atoms with Crippen molar-refractivity contribution in [2.75, 3.05) is 13.7 Å². The topological polar surface area (TPSA) is 127 Å². The molecule has 1 aromatic carbocycles. The largest absolute Gasteiger partial charge is 0.503 e. The molecule has 5 atom stereocenters. The number of aromatic hydroxyl groups is 1. The molecule has 10 nitrogen and oxygen atoms in total. The van der Waals surface area contributed by atoms with Gasteiger partial charge in [0.2, 0.25) is 5.43 Å². The number of fused-ring (bicyclic) bond motifs is 5. The van der Waals surface area contributed by atoms with Crippen molar-refractivity contribution in [2.24, 2.45) is 5.73 Å². The Morgan fingerprint density at radius 2 is 1.92 bits per heavy atom. The Labute approximate surface area is 213 Å². The molecule has 204 valence electrons. The van der Waals surface area contributed by atoms with Crippen molar-refractivity contribution in [1.82, 2.24) is 14.5 Å². The van der Waals surface area contributed by atoms with Crippen LogP contribution in [0.3, 0.4) is 0 Å². The molecule has 5 rings (SSSR count). The van der Waals surface area contributed by atoms with Crippen LogP contribution in [0.4, 0.5) is 17.6 Å². The molecule has 0 saturated carbocycles. The number of nitrogens with two attached hydrogens (primary N) is 1. The maximum absolute atomic E-state index is 16.4. The lowest BCUT2D eigenvalue weighted by molar-refractivity contribution is -0.253. The van der Waals surface area contributed by atoms with Gasteiger partial charge in [0.25, 0.3) is 11.8 Å². The van der Waals surface area contributed by atoms with Crippen LogP contribution in [-0.4, -0.2) is 69.1 Å². The number of nitrogens with zero attached hydrogens (tertiary/aromatic N) is 3. The highest BCUT2D eigenvalue weighted by atomic mass is 19.1. The van der Waals surface area contributed by atoms with Gasteiger partial charge in [0, 0.05) is 43.6 Å². The number of alkyl halides is 1. The molecule has 1 unspecified atom stereocenters. The highest BCUT2D eigenvalue weighted by Crippen LogP contribution is 2.50. The monoisotopic (exact) mass is 540 g/mol. The molecule has 1 spiro atoms. The molecular formula is C24H24F4N4O6. The van der Waals surface area contributed by atoms with Crippen LogP contribution >= 0.6 is 0 Å². The molecule has 2 aromatic rings. The molecular weight excluding hydrogens is 516 g/mol. The molecule has 0 radical (unpaired) electrons. The van der Waals surface area contributed by atoms with E-state index in [0.717, 1.165) is 15.8 Å². The molecule has 2 fully saturated rings. The number of hydrogen-bond donors (Lipinski definition) is 2. The lowest BCUT2D eigenvalue weighted by Gasteiger charge is -2.43. The van der Waals surface area contributed by atoms with Crippen molar-refractivity contribution in [3.8, 4) is 5.75 Å². The Hall–Kier alpha value is -3.49. The summed E-state index contributed by atoms with van der Waals surface area (Å²) in [5, 5.41) is 11.5. The highest BCUT2D eigenvalue weighted by molar-refractivity contribution is 5.99. The first-order valence-electron chi connectivity index (χ1n) is 11.8. The number of carbonyl (C=O) groups excluding carboxylic acids is 2. The maximum atomic E-state index is 16.4. The lowest BCUT2D eigenvalue weighted by atomic mass is 9.83. The molecule has 14 heteroatoms. The molecule has 2 amide bonds. The van der Waals surface area contributed by atoms with E-state index >= 15 is 4.39 Å². The quantitative estimate of drug-likeness (QED) is 0.566. The van der Waals surface area contributed by atoms with Crippen molar-refractivity contribution in [3.63, 3.8) is 0 Å². The Morgan fingerprint density at radius 1 is 1.26 bits per heavy atom. The van der Waals surface area contributed by atoms with Gasteiger partial charge in [0.15, 0.2) is 23.8 Å². The van der Waals surface area contributed by atoms with Crippen LogP contribution in [0.5, 0.6) is 5.75 Å². The first-order valence-corrected chi connectivity index (χ1v) is 11.8. The zero-order chi connectivity index (χ0) is 27.7. The Balaban J connectivity index is 1.66. The Morgan fingerprint density at radius 3 is 2.53 bits per heavy atom. The number of rotatable bonds is 4. The van der Waals surface area contributed by atoms with Crippen molar-refractivity contribution >= 4 is 11.8 Å². The SMILES string of the molecule is COC1[C@H](F)[C@]2(CC[C@H](C)N3C[C@H]2n2cc(C(N)=O)c(=O)c(O)c2C3=O)ON1Cc1c(F)cc(F)cc1F. The van der Waals surface area contributed by atoms with Gasteiger partial charge < -0.3 is 25.0 Å². The minimum absolute atomic E-state index is 0.0211. The zero-order valence-electron chi connectivity index (χ0n) is 20.3. The predicted octanol–water partition coefficient (Wildman–Crippen LogP) is 1.75. The number of methoxy groups -OCH3 is 1. The lowest BCUT2D eigenvalue weighted by Crippen LogP contribution is -2.55. The van der Waals surface area contributed by atoms with E-state index in [1.165, 1.54) is 12.0 Å². The number of benzene rings is 1. The second-order valence-corrected chi connectivity index (χ2v) is 9.70. The summed E-state index contributed by atoms with van der Waals surface area (Å²) in [4.78, 5) is 45.2. The third kappa shape index (κ3) is 3.69. The molecule has 3 N–H and O–H groups in total. The number of hydrogen-bond acceptors (Lipinski definition) is 7. The third-order valence-electron chi connectivity index (χ3n) is 7.64. The van der Waals surface area contributed by atoms with Crippen LogP contribution < -0.4 is 11.2 Å². The summed E-state index contributed by atoms with van der Waals surface area (Å²) in [6.45, 7) is 0.906. The van der Waals surface area contributed by atoms with Crippen molar-refractivity contribution in [2.45, 2.75) is 56.4 Å². The second kappa shape index (κ2) is 9.06. The van der Waals surface area contributed by atoms with E-state index in [4.69, 9.17) is 15.3 Å². The molecule has 3 aliphatic heterocycles. The molecule has 3 aliphatic rings. The van der Waals surface area contributed by atoms with Gasteiger partial charge in [-0.3, -0.25) is 19.2 Å². The van der Waals surface area contributed by atoms with E-state index in [1.807, 2.05) is 0 Å². The third-order valence-corrected chi connectivity index (χ3v) is 7.64. The van der Waals surface area contributed by atoms with Gasteiger partial charge in [-0.2, -0.15) is 5.06 Å². The van der Waals surface area contributed by atoms with Crippen molar-refractivity contribution in [3.05, 3.63) is 62.8 Å². The number of halogens is 4. The number of pyridine rings is 1. The standard InChI is InChI=1S/C24H24F4N4O6/c1-10-3-4-24(16-9-30(10)22(36)17-19(34)18(33)13(21(29)35)7-31(16)17)20(28)23(37-2)32(38-24)8-12-14(26)5-11(25)6-15(12)27/h5-7,10,16,20,23,34H,3-4,8-9H2,1-2H3,(H2,29,35)/t10-,16+,20-,23?,24+/m0/s1. The van der Waals surface area contributed by atoms with Crippen molar-refractivity contribution in [1.29, 1.82) is 0 Å². The van der Waals surface area contributed by atoms with Gasteiger partial charge in [-0.25, -0.2) is 17.6 Å². The van der Waals surface area contributed by atoms with E-state index in [0.29, 0.717) is 12.1 Å². The van der Waals surface area contributed by atoms with Gasteiger partial charge in [-0.05, 0) is 19.8 Å². The summed E-state index contributed by atoms with van der Waals surface area (Å²) in [6, 6.07) is -0.623. The first kappa shape index (κ1) is 26.1. The number of ether oxygens (including phenoxy) is 1.